The first-order chi connectivity index (χ1) is 12.8. The van der Waals surface area contributed by atoms with Gasteiger partial charge in [0.2, 0.25) is 0 Å². The zero-order valence-electron chi connectivity index (χ0n) is 16.2. The van der Waals surface area contributed by atoms with Crippen LogP contribution >= 0.6 is 0 Å². The lowest BCUT2D eigenvalue weighted by atomic mass is 9.95. The van der Waals surface area contributed by atoms with E-state index in [2.05, 4.69) is 0 Å². The highest BCUT2D eigenvalue weighted by Crippen LogP contribution is 2.29. The number of carbonyl (C=O) groups excluding carboxylic acids is 1. The lowest BCUT2D eigenvalue weighted by molar-refractivity contribution is -0.178. The second-order valence-corrected chi connectivity index (χ2v) is 7.19. The highest BCUT2D eigenvalue weighted by molar-refractivity contribution is 5.94. The monoisotopic (exact) mass is 406 g/mol. The number of hydrogen-bond acceptors (Lipinski definition) is 5. The summed E-state index contributed by atoms with van der Waals surface area (Å²) in [6, 6.07) is 4.50. The van der Waals surface area contributed by atoms with Crippen molar-refractivity contribution in [2.75, 3.05) is 13.9 Å². The minimum Gasteiger partial charge on any atom is -0.481 e. The van der Waals surface area contributed by atoms with Crippen molar-refractivity contribution in [2.24, 2.45) is 5.92 Å². The van der Waals surface area contributed by atoms with Crippen molar-refractivity contribution < 1.29 is 42.1 Å². The first kappa shape index (κ1) is 23.9. The molecular formula is C19H25F3O6. The van der Waals surface area contributed by atoms with Crippen LogP contribution in [0, 0.1) is 5.92 Å². The van der Waals surface area contributed by atoms with Gasteiger partial charge in [-0.15, -0.1) is 0 Å². The minimum atomic E-state index is -4.44. The molecule has 0 heterocycles. The lowest BCUT2D eigenvalue weighted by Gasteiger charge is -2.27. The van der Waals surface area contributed by atoms with E-state index < -0.39 is 41.3 Å². The Morgan fingerprint density at radius 3 is 2.11 bits per heavy atom. The minimum absolute atomic E-state index is 0.0743. The molecule has 0 aliphatic heterocycles. The van der Waals surface area contributed by atoms with E-state index >= 15 is 0 Å². The number of rotatable bonds is 9. The number of carboxylic acid groups (broad SMARTS) is 1. The molecule has 0 radical (unpaired) electrons. The van der Waals surface area contributed by atoms with Gasteiger partial charge >= 0.3 is 18.1 Å². The molecule has 158 valence electrons. The molecule has 1 aromatic rings. The van der Waals surface area contributed by atoms with Gasteiger partial charge in [-0.2, -0.15) is 13.2 Å². The maximum Gasteiger partial charge on any atom is 0.416 e. The van der Waals surface area contributed by atoms with Gasteiger partial charge in [0.15, 0.2) is 5.92 Å². The van der Waals surface area contributed by atoms with E-state index in [0.29, 0.717) is 5.56 Å². The Hall–Kier alpha value is -2.13. The smallest absolute Gasteiger partial charge is 0.416 e. The van der Waals surface area contributed by atoms with Crippen LogP contribution in [0.1, 0.15) is 38.3 Å². The summed E-state index contributed by atoms with van der Waals surface area (Å²) in [5.41, 5.74) is -1.11. The predicted octanol–water partition coefficient (Wildman–Crippen LogP) is 3.67. The van der Waals surface area contributed by atoms with Crippen LogP contribution in [0.2, 0.25) is 0 Å². The number of carbonyl (C=O) groups is 2. The van der Waals surface area contributed by atoms with Crippen molar-refractivity contribution in [3.05, 3.63) is 35.4 Å². The molecule has 1 N–H and O–H groups in total. The van der Waals surface area contributed by atoms with Crippen molar-refractivity contribution in [2.45, 2.75) is 51.5 Å². The average molecular weight is 406 g/mol. The third-order valence-electron chi connectivity index (χ3n) is 3.70. The van der Waals surface area contributed by atoms with Crippen LogP contribution in [0.3, 0.4) is 0 Å². The van der Waals surface area contributed by atoms with Crippen LogP contribution in [0.25, 0.3) is 0 Å². The molecule has 0 aromatic heterocycles. The van der Waals surface area contributed by atoms with Gasteiger partial charge in [0.1, 0.15) is 12.4 Å². The molecule has 0 spiro atoms. The SMILES string of the molecule is COCOC(CCc1ccc(C(F)(F)F)cc1)C(C(=O)O)C(=O)OC(C)(C)C. The van der Waals surface area contributed by atoms with Crippen LogP contribution in [-0.4, -0.2) is 42.7 Å². The second-order valence-electron chi connectivity index (χ2n) is 7.19. The Balaban J connectivity index is 2.93. The number of aliphatic carboxylic acids is 1. The zero-order chi connectivity index (χ0) is 21.5. The van der Waals surface area contributed by atoms with Gasteiger partial charge in [0.05, 0.1) is 11.7 Å². The summed E-state index contributed by atoms with van der Waals surface area (Å²) in [5, 5.41) is 9.49. The summed E-state index contributed by atoms with van der Waals surface area (Å²) < 4.78 is 53.2. The molecule has 0 aliphatic carbocycles. The van der Waals surface area contributed by atoms with Crippen molar-refractivity contribution in [1.82, 2.24) is 0 Å². The van der Waals surface area contributed by atoms with Gasteiger partial charge in [0, 0.05) is 7.11 Å². The number of aryl methyl sites for hydroxylation is 1. The van der Waals surface area contributed by atoms with Crippen LogP contribution in [0.4, 0.5) is 13.2 Å². The van der Waals surface area contributed by atoms with E-state index in [0.717, 1.165) is 12.1 Å². The molecule has 0 fully saturated rings. The van der Waals surface area contributed by atoms with Crippen LogP contribution < -0.4 is 0 Å². The summed E-state index contributed by atoms with van der Waals surface area (Å²) in [4.78, 5) is 24.0. The maximum atomic E-state index is 12.6. The number of methoxy groups -OCH3 is 1. The Morgan fingerprint density at radius 1 is 1.11 bits per heavy atom. The molecule has 2 unspecified atom stereocenters. The van der Waals surface area contributed by atoms with E-state index in [1.54, 1.807) is 20.8 Å². The van der Waals surface area contributed by atoms with Crippen LogP contribution in [-0.2, 0) is 36.4 Å². The number of esters is 1. The highest BCUT2D eigenvalue weighted by Gasteiger charge is 2.39. The van der Waals surface area contributed by atoms with E-state index in [9.17, 15) is 27.9 Å². The van der Waals surface area contributed by atoms with E-state index in [1.807, 2.05) is 0 Å². The average Bonchev–Trinajstić information content (AvgIpc) is 2.54. The topological polar surface area (TPSA) is 82.1 Å². The van der Waals surface area contributed by atoms with Gasteiger partial charge in [-0.05, 0) is 51.3 Å². The normalized spacial score (nSPS) is 14.4. The molecule has 0 amide bonds. The molecule has 0 bridgehead atoms. The highest BCUT2D eigenvalue weighted by atomic mass is 19.4. The van der Waals surface area contributed by atoms with Crippen molar-refractivity contribution in [1.29, 1.82) is 0 Å². The fourth-order valence-electron chi connectivity index (χ4n) is 2.45. The number of carboxylic acids is 1. The summed E-state index contributed by atoms with van der Waals surface area (Å²) in [5.74, 6) is -3.96. The third kappa shape index (κ3) is 7.85. The maximum absolute atomic E-state index is 12.6. The Labute approximate surface area is 161 Å². The molecule has 2 atom stereocenters. The van der Waals surface area contributed by atoms with Crippen LogP contribution in [0.5, 0.6) is 0 Å². The van der Waals surface area contributed by atoms with Crippen molar-refractivity contribution in [3.8, 4) is 0 Å². The van der Waals surface area contributed by atoms with Crippen molar-refractivity contribution >= 4 is 11.9 Å². The Morgan fingerprint density at radius 2 is 1.68 bits per heavy atom. The van der Waals surface area contributed by atoms with E-state index in [1.165, 1.54) is 19.2 Å². The number of benzene rings is 1. The van der Waals surface area contributed by atoms with E-state index in [-0.39, 0.29) is 19.6 Å². The summed E-state index contributed by atoms with van der Waals surface area (Å²) in [6.45, 7) is 4.58. The molecule has 1 aromatic carbocycles. The fraction of sp³-hybridized carbons (Fsp3) is 0.579. The molecule has 9 heteroatoms. The first-order valence-electron chi connectivity index (χ1n) is 8.57. The first-order valence-corrected chi connectivity index (χ1v) is 8.57. The van der Waals surface area contributed by atoms with Crippen molar-refractivity contribution in [3.63, 3.8) is 0 Å². The van der Waals surface area contributed by atoms with Gasteiger partial charge < -0.3 is 19.3 Å². The van der Waals surface area contributed by atoms with Gasteiger partial charge in [-0.25, -0.2) is 0 Å². The van der Waals surface area contributed by atoms with Crippen LogP contribution in [0.15, 0.2) is 24.3 Å². The number of ether oxygens (including phenoxy) is 3. The molecule has 0 saturated heterocycles. The molecule has 28 heavy (non-hydrogen) atoms. The fourth-order valence-corrected chi connectivity index (χ4v) is 2.45. The standard InChI is InChI=1S/C19H25F3O6/c1-18(2,3)28-17(25)15(16(23)24)14(27-11-26-4)10-7-12-5-8-13(9-6-12)19(20,21)22/h5-6,8-9,14-15H,7,10-11H2,1-4H3,(H,23,24). The number of alkyl halides is 3. The number of halogens is 3. The van der Waals surface area contributed by atoms with Gasteiger partial charge in [-0.3, -0.25) is 9.59 Å². The summed E-state index contributed by atoms with van der Waals surface area (Å²) >= 11 is 0. The zero-order valence-corrected chi connectivity index (χ0v) is 16.2. The van der Waals surface area contributed by atoms with E-state index in [4.69, 9.17) is 14.2 Å². The second kappa shape index (κ2) is 9.88. The molecule has 1 rings (SSSR count). The largest absolute Gasteiger partial charge is 0.481 e. The molecule has 0 saturated carbocycles. The quantitative estimate of drug-likeness (QED) is 0.383. The predicted molar refractivity (Wildman–Crippen MR) is 93.5 cm³/mol. The summed E-state index contributed by atoms with van der Waals surface area (Å²) in [6.07, 6.45) is -5.23. The Kier molecular flexibility index (Phi) is 8.44. The summed E-state index contributed by atoms with van der Waals surface area (Å²) in [7, 11) is 1.34. The Bertz CT molecular complexity index is 649. The van der Waals surface area contributed by atoms with Gasteiger partial charge in [-0.1, -0.05) is 12.1 Å². The third-order valence-corrected chi connectivity index (χ3v) is 3.70. The number of hydrogen-bond donors (Lipinski definition) is 1. The molecular weight excluding hydrogens is 381 g/mol. The lowest BCUT2D eigenvalue weighted by Crippen LogP contribution is -2.41. The molecule has 0 aliphatic rings. The van der Waals surface area contributed by atoms with Gasteiger partial charge in [0.25, 0.3) is 0 Å². The molecule has 6 nitrogen and oxygen atoms in total.